The van der Waals surface area contributed by atoms with Crippen LogP contribution in [0.5, 0.6) is 0 Å². The lowest BCUT2D eigenvalue weighted by molar-refractivity contribution is 0.500. The molecule has 2 nitrogen and oxygen atoms in total. The van der Waals surface area contributed by atoms with Gasteiger partial charge >= 0.3 is 0 Å². The quantitative estimate of drug-likeness (QED) is 0.856. The fourth-order valence-corrected chi connectivity index (χ4v) is 3.26. The molecule has 1 aromatic carbocycles. The predicted octanol–water partition coefficient (Wildman–Crippen LogP) is 3.03. The Balaban J connectivity index is 1.91. The number of para-hydroxylation sites is 1. The Kier molecular flexibility index (Phi) is 2.91. The second-order valence-electron chi connectivity index (χ2n) is 5.56. The van der Waals surface area contributed by atoms with Crippen LogP contribution < -0.4 is 10.2 Å². The zero-order valence-corrected chi connectivity index (χ0v) is 11.8. The number of nitrogens with one attached hydrogen (secondary N) is 1. The second-order valence-corrected chi connectivity index (χ2v) is 6.41. The molecule has 1 atom stereocenters. The highest BCUT2D eigenvalue weighted by Crippen LogP contribution is 2.47. The Labute approximate surface area is 112 Å². The fourth-order valence-electron chi connectivity index (χ4n) is 2.75. The average Bonchev–Trinajstić information content (AvgIpc) is 3.09. The minimum absolute atomic E-state index is 0.556. The number of anilines is 1. The van der Waals surface area contributed by atoms with E-state index in [0.29, 0.717) is 11.5 Å². The fraction of sp³-hybridized carbons (Fsp3) is 0.571. The molecule has 1 saturated heterocycles. The number of halogens is 1. The van der Waals surface area contributed by atoms with E-state index in [1.165, 1.54) is 36.1 Å². The van der Waals surface area contributed by atoms with Gasteiger partial charge in [0.2, 0.25) is 0 Å². The number of benzene rings is 1. The van der Waals surface area contributed by atoms with Gasteiger partial charge < -0.3 is 10.2 Å². The Morgan fingerprint density at radius 3 is 2.82 bits per heavy atom. The van der Waals surface area contributed by atoms with E-state index in [0.717, 1.165) is 6.54 Å². The first-order valence-electron chi connectivity index (χ1n) is 6.42. The van der Waals surface area contributed by atoms with Gasteiger partial charge in [-0.3, -0.25) is 0 Å². The van der Waals surface area contributed by atoms with E-state index in [-0.39, 0.29) is 0 Å². The zero-order chi connectivity index (χ0) is 11.9. The summed E-state index contributed by atoms with van der Waals surface area (Å²) >= 11 is 3.68. The van der Waals surface area contributed by atoms with E-state index >= 15 is 0 Å². The molecule has 1 aliphatic heterocycles. The van der Waals surface area contributed by atoms with Crippen LogP contribution in [-0.4, -0.2) is 25.7 Å². The summed E-state index contributed by atoms with van der Waals surface area (Å²) in [5.41, 5.74) is 1.90. The van der Waals surface area contributed by atoms with Crippen molar-refractivity contribution in [3.05, 3.63) is 28.7 Å². The Hall–Kier alpha value is -0.540. The number of nitrogens with zero attached hydrogens (tertiary/aromatic N) is 1. The highest BCUT2D eigenvalue weighted by Gasteiger charge is 2.45. The second kappa shape index (κ2) is 4.29. The van der Waals surface area contributed by atoms with Gasteiger partial charge in [0.15, 0.2) is 0 Å². The summed E-state index contributed by atoms with van der Waals surface area (Å²) in [6.07, 6.45) is 2.77. The first-order valence-corrected chi connectivity index (χ1v) is 7.21. The first-order chi connectivity index (χ1) is 8.20. The van der Waals surface area contributed by atoms with Crippen LogP contribution in [-0.2, 0) is 0 Å². The Morgan fingerprint density at radius 2 is 2.12 bits per heavy atom. The van der Waals surface area contributed by atoms with Crippen molar-refractivity contribution in [2.24, 2.45) is 5.41 Å². The third kappa shape index (κ3) is 2.23. The maximum Gasteiger partial charge on any atom is 0.0513 e. The summed E-state index contributed by atoms with van der Waals surface area (Å²) in [5.74, 6) is 0. The van der Waals surface area contributed by atoms with Crippen LogP contribution in [0, 0.1) is 5.41 Å². The topological polar surface area (TPSA) is 15.3 Å². The van der Waals surface area contributed by atoms with Crippen molar-refractivity contribution in [3.8, 4) is 0 Å². The summed E-state index contributed by atoms with van der Waals surface area (Å²) in [7, 11) is 0. The molecule has 3 heteroatoms. The van der Waals surface area contributed by atoms with Gasteiger partial charge in [-0.2, -0.15) is 0 Å². The summed E-state index contributed by atoms with van der Waals surface area (Å²) in [6.45, 7) is 5.79. The van der Waals surface area contributed by atoms with E-state index in [9.17, 15) is 0 Å². The molecule has 2 fully saturated rings. The monoisotopic (exact) mass is 294 g/mol. The minimum atomic E-state index is 0.556. The van der Waals surface area contributed by atoms with Crippen LogP contribution in [0.2, 0.25) is 0 Å². The van der Waals surface area contributed by atoms with Crippen LogP contribution >= 0.6 is 15.9 Å². The highest BCUT2D eigenvalue weighted by molar-refractivity contribution is 9.10. The molecule has 3 rings (SSSR count). The normalized spacial score (nSPS) is 26.9. The summed E-state index contributed by atoms with van der Waals surface area (Å²) in [5, 5.41) is 3.61. The lowest BCUT2D eigenvalue weighted by Crippen LogP contribution is -2.38. The molecule has 1 unspecified atom stereocenters. The van der Waals surface area contributed by atoms with E-state index in [1.54, 1.807) is 0 Å². The summed E-state index contributed by atoms with van der Waals surface area (Å²) in [4.78, 5) is 2.57. The molecule has 2 aliphatic rings. The van der Waals surface area contributed by atoms with Crippen LogP contribution in [0.3, 0.4) is 0 Å². The van der Waals surface area contributed by atoms with E-state index in [1.807, 2.05) is 0 Å². The maximum absolute atomic E-state index is 3.68. The number of hydrogen-bond donors (Lipinski definition) is 1. The molecule has 0 amide bonds. The molecule has 17 heavy (non-hydrogen) atoms. The van der Waals surface area contributed by atoms with E-state index < -0.39 is 0 Å². The van der Waals surface area contributed by atoms with Crippen molar-refractivity contribution in [1.29, 1.82) is 0 Å². The lowest BCUT2D eigenvalue weighted by Gasteiger charge is -2.32. The van der Waals surface area contributed by atoms with Crippen molar-refractivity contribution in [3.63, 3.8) is 0 Å². The third-order valence-corrected chi connectivity index (χ3v) is 4.77. The molecule has 92 valence electrons. The van der Waals surface area contributed by atoms with Crippen molar-refractivity contribution in [1.82, 2.24) is 5.32 Å². The third-order valence-electron chi connectivity index (χ3n) is 4.10. The first kappa shape index (κ1) is 11.5. The van der Waals surface area contributed by atoms with Crippen molar-refractivity contribution in [2.75, 3.05) is 24.5 Å². The van der Waals surface area contributed by atoms with Crippen LogP contribution in [0.25, 0.3) is 0 Å². The van der Waals surface area contributed by atoms with Crippen LogP contribution in [0.15, 0.2) is 28.7 Å². The van der Waals surface area contributed by atoms with Gasteiger partial charge in [0, 0.05) is 35.6 Å². The molecule has 1 heterocycles. The van der Waals surface area contributed by atoms with Crippen molar-refractivity contribution < 1.29 is 0 Å². The van der Waals surface area contributed by atoms with Gasteiger partial charge in [0.05, 0.1) is 5.69 Å². The molecule has 1 spiro atoms. The van der Waals surface area contributed by atoms with E-state index in [4.69, 9.17) is 0 Å². The van der Waals surface area contributed by atoms with E-state index in [2.05, 4.69) is 57.3 Å². The standard InChI is InChI=1S/C14H19BrN2/c1-11-8-16-9-14(6-7-14)10-17(11)13-5-3-2-4-12(13)15/h2-5,11,16H,6-10H2,1H3. The Morgan fingerprint density at radius 1 is 1.35 bits per heavy atom. The molecule has 1 aliphatic carbocycles. The molecule has 1 saturated carbocycles. The lowest BCUT2D eigenvalue weighted by atomic mass is 10.1. The van der Waals surface area contributed by atoms with Crippen LogP contribution in [0.1, 0.15) is 19.8 Å². The van der Waals surface area contributed by atoms with Crippen molar-refractivity contribution >= 4 is 21.6 Å². The van der Waals surface area contributed by atoms with Gasteiger partial charge in [-0.05, 0) is 47.8 Å². The number of hydrogen-bond acceptors (Lipinski definition) is 2. The maximum atomic E-state index is 3.68. The zero-order valence-electron chi connectivity index (χ0n) is 10.2. The van der Waals surface area contributed by atoms with Crippen molar-refractivity contribution in [2.45, 2.75) is 25.8 Å². The summed E-state index contributed by atoms with van der Waals surface area (Å²) < 4.78 is 1.21. The Bertz CT molecular complexity index is 414. The van der Waals surface area contributed by atoms with Gasteiger partial charge in [-0.15, -0.1) is 0 Å². The molecule has 0 aromatic heterocycles. The largest absolute Gasteiger partial charge is 0.366 e. The molecule has 0 bridgehead atoms. The summed E-state index contributed by atoms with van der Waals surface area (Å²) in [6, 6.07) is 9.14. The minimum Gasteiger partial charge on any atom is -0.366 e. The predicted molar refractivity (Wildman–Crippen MR) is 75.5 cm³/mol. The number of rotatable bonds is 1. The van der Waals surface area contributed by atoms with Gasteiger partial charge in [-0.1, -0.05) is 12.1 Å². The highest BCUT2D eigenvalue weighted by atomic mass is 79.9. The van der Waals surface area contributed by atoms with Gasteiger partial charge in [-0.25, -0.2) is 0 Å². The smallest absolute Gasteiger partial charge is 0.0513 e. The molecule has 0 radical (unpaired) electrons. The molecular weight excluding hydrogens is 276 g/mol. The molecule has 1 N–H and O–H groups in total. The molecule has 1 aromatic rings. The average molecular weight is 295 g/mol. The van der Waals surface area contributed by atoms with Gasteiger partial charge in [0.25, 0.3) is 0 Å². The van der Waals surface area contributed by atoms with Crippen LogP contribution in [0.4, 0.5) is 5.69 Å². The molecular formula is C14H19BrN2. The van der Waals surface area contributed by atoms with Gasteiger partial charge in [0.1, 0.15) is 0 Å². The SMILES string of the molecule is CC1CNCC2(CC2)CN1c1ccccc1Br.